The zero-order valence-electron chi connectivity index (χ0n) is 21.0. The van der Waals surface area contributed by atoms with Crippen LogP contribution < -0.4 is 18.9 Å². The second-order valence-corrected chi connectivity index (χ2v) is 10.9. The standard InChI is InChI=1S/C27H30N2O6S/c1-17-18(2)26-23(19(3)25(17)34-20(4)30)13-14-27(5,35-26)16-33-22-11-9-21(10-12-22)29-36(31,32)24-8-6-7-15-28-24/h6-12,15,29H,13-14,16H2,1-5H3. The molecule has 1 aliphatic rings. The van der Waals surface area contributed by atoms with Gasteiger partial charge in [-0.05, 0) is 93.6 Å². The first-order chi connectivity index (χ1) is 17.0. The van der Waals surface area contributed by atoms with Gasteiger partial charge in [0.15, 0.2) is 5.03 Å². The Morgan fingerprint density at radius 3 is 2.44 bits per heavy atom. The average molecular weight is 511 g/mol. The number of fused-ring (bicyclic) bond motifs is 1. The Labute approximate surface area is 211 Å². The molecule has 4 rings (SSSR count). The Hall–Kier alpha value is -3.59. The highest BCUT2D eigenvalue weighted by atomic mass is 32.2. The molecule has 1 aliphatic heterocycles. The van der Waals surface area contributed by atoms with Gasteiger partial charge in [-0.15, -0.1) is 0 Å². The van der Waals surface area contributed by atoms with Crippen LogP contribution in [0, 0.1) is 20.8 Å². The molecule has 2 aromatic carbocycles. The van der Waals surface area contributed by atoms with Crippen molar-refractivity contribution in [1.29, 1.82) is 0 Å². The van der Waals surface area contributed by atoms with E-state index in [1.807, 2.05) is 27.7 Å². The predicted octanol–water partition coefficient (Wildman–Crippen LogP) is 4.90. The molecule has 3 aromatic rings. The highest BCUT2D eigenvalue weighted by Crippen LogP contribution is 2.44. The Morgan fingerprint density at radius 2 is 1.81 bits per heavy atom. The van der Waals surface area contributed by atoms with E-state index in [4.69, 9.17) is 14.2 Å². The lowest BCUT2D eigenvalue weighted by atomic mass is 9.87. The number of hydrogen-bond acceptors (Lipinski definition) is 7. The molecule has 1 unspecified atom stereocenters. The summed E-state index contributed by atoms with van der Waals surface area (Å²) < 4.78 is 45.4. The number of pyridine rings is 1. The van der Waals surface area contributed by atoms with Crippen LogP contribution in [-0.4, -0.2) is 31.6 Å². The zero-order chi connectivity index (χ0) is 26.1. The van der Waals surface area contributed by atoms with Gasteiger partial charge in [0, 0.05) is 24.4 Å². The number of anilines is 1. The molecular formula is C27H30N2O6S. The summed E-state index contributed by atoms with van der Waals surface area (Å²) in [7, 11) is -3.76. The van der Waals surface area contributed by atoms with Gasteiger partial charge in [-0.3, -0.25) is 9.52 Å². The van der Waals surface area contributed by atoms with Crippen molar-refractivity contribution < 1.29 is 27.4 Å². The van der Waals surface area contributed by atoms with Gasteiger partial charge in [-0.25, -0.2) is 4.98 Å². The van der Waals surface area contributed by atoms with Gasteiger partial charge in [0.05, 0.1) is 0 Å². The predicted molar refractivity (Wildman–Crippen MR) is 136 cm³/mol. The van der Waals surface area contributed by atoms with Crippen molar-refractivity contribution in [2.75, 3.05) is 11.3 Å². The summed E-state index contributed by atoms with van der Waals surface area (Å²) in [5, 5.41) is -0.0475. The van der Waals surface area contributed by atoms with Gasteiger partial charge >= 0.3 is 5.97 Å². The van der Waals surface area contributed by atoms with E-state index in [0.717, 1.165) is 40.8 Å². The Bertz CT molecular complexity index is 1390. The SMILES string of the molecule is CC(=O)Oc1c(C)c(C)c2c(c1C)CCC(C)(COc1ccc(NS(=O)(=O)c3ccccn3)cc1)O2. The molecule has 36 heavy (non-hydrogen) atoms. The highest BCUT2D eigenvalue weighted by Gasteiger charge is 2.36. The molecule has 9 heteroatoms. The van der Waals surface area contributed by atoms with Crippen molar-refractivity contribution in [3.8, 4) is 17.2 Å². The second kappa shape index (κ2) is 9.81. The number of benzene rings is 2. The molecule has 0 aliphatic carbocycles. The molecule has 0 saturated heterocycles. The molecule has 8 nitrogen and oxygen atoms in total. The third-order valence-corrected chi connectivity index (χ3v) is 7.67. The normalized spacial score (nSPS) is 17.0. The van der Waals surface area contributed by atoms with Crippen LogP contribution in [0.5, 0.6) is 17.2 Å². The lowest BCUT2D eigenvalue weighted by molar-refractivity contribution is -0.132. The van der Waals surface area contributed by atoms with E-state index >= 15 is 0 Å². The maximum Gasteiger partial charge on any atom is 0.308 e. The third-order valence-electron chi connectivity index (χ3n) is 6.37. The largest absolute Gasteiger partial charge is 0.489 e. The minimum atomic E-state index is -3.76. The number of nitrogens with one attached hydrogen (secondary N) is 1. The van der Waals surface area contributed by atoms with Gasteiger partial charge in [-0.1, -0.05) is 6.07 Å². The molecule has 1 aromatic heterocycles. The Balaban J connectivity index is 1.44. The smallest absolute Gasteiger partial charge is 0.308 e. The van der Waals surface area contributed by atoms with E-state index in [-0.39, 0.29) is 11.0 Å². The van der Waals surface area contributed by atoms with E-state index in [9.17, 15) is 13.2 Å². The average Bonchev–Trinajstić information content (AvgIpc) is 2.85. The minimum absolute atomic E-state index is 0.0475. The molecule has 1 N–H and O–H groups in total. The van der Waals surface area contributed by atoms with Gasteiger partial charge in [0.1, 0.15) is 29.5 Å². The quantitative estimate of drug-likeness (QED) is 0.356. The van der Waals surface area contributed by atoms with Crippen LogP contribution in [0.3, 0.4) is 0 Å². The first-order valence-electron chi connectivity index (χ1n) is 11.7. The van der Waals surface area contributed by atoms with Crippen LogP contribution in [0.2, 0.25) is 0 Å². The van der Waals surface area contributed by atoms with E-state index in [1.54, 1.807) is 36.4 Å². The van der Waals surface area contributed by atoms with Gasteiger partial charge in [-0.2, -0.15) is 8.42 Å². The van der Waals surface area contributed by atoms with Crippen LogP contribution in [-0.2, 0) is 21.2 Å². The maximum atomic E-state index is 12.5. The van der Waals surface area contributed by atoms with Gasteiger partial charge in [0.25, 0.3) is 10.0 Å². The molecule has 0 spiro atoms. The summed E-state index contributed by atoms with van der Waals surface area (Å²) in [6.07, 6.45) is 2.93. The number of esters is 1. The van der Waals surface area contributed by atoms with E-state index < -0.39 is 15.6 Å². The molecular weight excluding hydrogens is 480 g/mol. The summed E-state index contributed by atoms with van der Waals surface area (Å²) in [4.78, 5) is 15.5. The molecule has 0 radical (unpaired) electrons. The molecule has 0 amide bonds. The van der Waals surface area contributed by atoms with Crippen molar-refractivity contribution in [1.82, 2.24) is 4.98 Å². The summed E-state index contributed by atoms with van der Waals surface area (Å²) in [6, 6.07) is 11.4. The zero-order valence-corrected chi connectivity index (χ0v) is 21.9. The van der Waals surface area contributed by atoms with Crippen molar-refractivity contribution in [2.24, 2.45) is 0 Å². The number of ether oxygens (including phenoxy) is 3. The van der Waals surface area contributed by atoms with E-state index in [0.29, 0.717) is 23.8 Å². The Kier molecular flexibility index (Phi) is 6.95. The third kappa shape index (κ3) is 5.31. The van der Waals surface area contributed by atoms with Gasteiger partial charge in [0.2, 0.25) is 0 Å². The molecule has 190 valence electrons. The van der Waals surface area contributed by atoms with Crippen LogP contribution in [0.4, 0.5) is 5.69 Å². The number of carbonyl (C=O) groups is 1. The summed E-state index contributed by atoms with van der Waals surface area (Å²) in [6.45, 7) is 9.58. The highest BCUT2D eigenvalue weighted by molar-refractivity contribution is 7.92. The fraction of sp³-hybridized carbons (Fsp3) is 0.333. The van der Waals surface area contributed by atoms with Crippen molar-refractivity contribution >= 4 is 21.7 Å². The van der Waals surface area contributed by atoms with Crippen molar-refractivity contribution in [3.63, 3.8) is 0 Å². The van der Waals surface area contributed by atoms with E-state index in [1.165, 1.54) is 19.2 Å². The van der Waals surface area contributed by atoms with E-state index in [2.05, 4.69) is 9.71 Å². The number of carbonyl (C=O) groups excluding carboxylic acids is 1. The maximum absolute atomic E-state index is 12.5. The van der Waals surface area contributed by atoms with Gasteiger partial charge < -0.3 is 14.2 Å². The van der Waals surface area contributed by atoms with Crippen LogP contribution in [0.25, 0.3) is 0 Å². The minimum Gasteiger partial charge on any atom is -0.489 e. The van der Waals surface area contributed by atoms with Crippen LogP contribution >= 0.6 is 0 Å². The number of rotatable bonds is 7. The molecule has 1 atom stereocenters. The molecule has 0 fully saturated rings. The second-order valence-electron chi connectivity index (χ2n) is 9.24. The fourth-order valence-corrected chi connectivity index (χ4v) is 5.26. The van der Waals surface area contributed by atoms with Crippen LogP contribution in [0.1, 0.15) is 42.5 Å². The monoisotopic (exact) mass is 510 g/mol. The lowest BCUT2D eigenvalue weighted by Crippen LogP contribution is -2.42. The summed E-state index contributed by atoms with van der Waals surface area (Å²) in [5.74, 6) is 1.69. The topological polar surface area (TPSA) is 104 Å². The molecule has 0 bridgehead atoms. The fourth-order valence-electron chi connectivity index (χ4n) is 4.25. The number of aromatic nitrogens is 1. The molecule has 2 heterocycles. The number of nitrogens with zero attached hydrogens (tertiary/aromatic N) is 1. The van der Waals surface area contributed by atoms with Crippen molar-refractivity contribution in [3.05, 3.63) is 70.9 Å². The first kappa shape index (κ1) is 25.5. The summed E-state index contributed by atoms with van der Waals surface area (Å²) >= 11 is 0. The first-order valence-corrected chi connectivity index (χ1v) is 13.1. The van der Waals surface area contributed by atoms with Crippen LogP contribution in [0.15, 0.2) is 53.7 Å². The Morgan fingerprint density at radius 1 is 1.08 bits per heavy atom. The lowest BCUT2D eigenvalue weighted by Gasteiger charge is -2.37. The van der Waals surface area contributed by atoms with Crippen molar-refractivity contribution in [2.45, 2.75) is 58.1 Å². The number of sulfonamides is 1. The number of hydrogen-bond donors (Lipinski definition) is 1. The summed E-state index contributed by atoms with van der Waals surface area (Å²) in [5.41, 5.74) is 3.66. The molecule has 0 saturated carbocycles.